The molecule has 14 heavy (non-hydrogen) atoms. The van der Waals surface area contributed by atoms with E-state index in [0.717, 1.165) is 0 Å². The van der Waals surface area contributed by atoms with Crippen molar-refractivity contribution in [1.82, 2.24) is 0 Å². The lowest BCUT2D eigenvalue weighted by Gasteiger charge is -2.16. The maximum atomic E-state index is 10.8. The fraction of sp³-hybridized carbons (Fsp3) is 0.300. The zero-order valence-electron chi connectivity index (χ0n) is 7.64. The van der Waals surface area contributed by atoms with Gasteiger partial charge in [-0.05, 0) is 13.0 Å². The molecule has 4 heteroatoms. The monoisotopic (exact) mass is 214 g/mol. The molecule has 0 aromatic heterocycles. The van der Waals surface area contributed by atoms with E-state index < -0.39 is 18.0 Å². The zero-order chi connectivity index (χ0) is 10.7. The molecule has 0 aliphatic heterocycles. The number of aliphatic hydroxyl groups is 2. The fourth-order valence-electron chi connectivity index (χ4n) is 1.11. The Hall–Kier alpha value is -0.900. The Morgan fingerprint density at radius 3 is 2.43 bits per heavy atom. The standard InChI is InChI=1S/C10H11ClO3/c1-6(12)9(13)10(14)7-4-2-3-5-8(7)11/h2-5,9-10,13-14H,1H3/t9?,10-/m0/s1. The summed E-state index contributed by atoms with van der Waals surface area (Å²) in [6, 6.07) is 6.54. The molecule has 76 valence electrons. The van der Waals surface area contributed by atoms with Crippen LogP contribution in [0.15, 0.2) is 24.3 Å². The Morgan fingerprint density at radius 2 is 1.93 bits per heavy atom. The molecule has 0 fully saturated rings. The summed E-state index contributed by atoms with van der Waals surface area (Å²) in [6.07, 6.45) is -2.68. The van der Waals surface area contributed by atoms with Crippen LogP contribution in [0.3, 0.4) is 0 Å². The van der Waals surface area contributed by atoms with Gasteiger partial charge < -0.3 is 10.2 Å². The molecular weight excluding hydrogens is 204 g/mol. The summed E-state index contributed by atoms with van der Waals surface area (Å²) in [7, 11) is 0. The molecule has 2 N–H and O–H groups in total. The number of carbonyl (C=O) groups excluding carboxylic acids is 1. The van der Waals surface area contributed by atoms with E-state index >= 15 is 0 Å². The van der Waals surface area contributed by atoms with Crippen LogP contribution in [0, 0.1) is 0 Å². The topological polar surface area (TPSA) is 57.5 Å². The molecule has 1 aromatic rings. The van der Waals surface area contributed by atoms with E-state index in [2.05, 4.69) is 0 Å². The van der Waals surface area contributed by atoms with Crippen molar-refractivity contribution in [2.75, 3.05) is 0 Å². The van der Waals surface area contributed by atoms with Crippen LogP contribution in [0.2, 0.25) is 5.02 Å². The molecule has 0 bridgehead atoms. The van der Waals surface area contributed by atoms with Crippen molar-refractivity contribution in [3.63, 3.8) is 0 Å². The fourth-order valence-corrected chi connectivity index (χ4v) is 1.35. The van der Waals surface area contributed by atoms with Crippen LogP contribution in [0.25, 0.3) is 0 Å². The second-order valence-corrected chi connectivity index (χ2v) is 3.43. The third kappa shape index (κ3) is 2.32. The summed E-state index contributed by atoms with van der Waals surface area (Å²) in [4.78, 5) is 10.8. The minimum absolute atomic E-state index is 0.334. The van der Waals surface area contributed by atoms with Crippen molar-refractivity contribution in [3.05, 3.63) is 34.9 Å². The van der Waals surface area contributed by atoms with Crippen molar-refractivity contribution in [1.29, 1.82) is 0 Å². The molecule has 1 rings (SSSR count). The van der Waals surface area contributed by atoms with Gasteiger partial charge in [0.1, 0.15) is 12.2 Å². The van der Waals surface area contributed by atoms with Gasteiger partial charge in [-0.3, -0.25) is 4.79 Å². The number of Topliss-reactive ketones (excluding diaryl/α,β-unsaturated/α-hetero) is 1. The maximum absolute atomic E-state index is 10.8. The number of carbonyl (C=O) groups is 1. The predicted molar refractivity (Wildman–Crippen MR) is 53.1 cm³/mol. The molecule has 0 spiro atoms. The van der Waals surface area contributed by atoms with E-state index in [1.165, 1.54) is 6.92 Å². The second kappa shape index (κ2) is 4.55. The minimum atomic E-state index is -1.42. The minimum Gasteiger partial charge on any atom is -0.385 e. The highest BCUT2D eigenvalue weighted by atomic mass is 35.5. The van der Waals surface area contributed by atoms with Crippen molar-refractivity contribution in [3.8, 4) is 0 Å². The summed E-state index contributed by atoms with van der Waals surface area (Å²) in [5.41, 5.74) is 0.358. The van der Waals surface area contributed by atoms with Crippen LogP contribution in [-0.4, -0.2) is 22.1 Å². The Balaban J connectivity index is 2.94. The lowest BCUT2D eigenvalue weighted by atomic mass is 10.0. The molecule has 0 saturated heterocycles. The molecular formula is C10H11ClO3. The Bertz CT molecular complexity index is 338. The summed E-state index contributed by atoms with van der Waals surface area (Å²) in [5.74, 6) is -0.489. The largest absolute Gasteiger partial charge is 0.385 e. The highest BCUT2D eigenvalue weighted by Crippen LogP contribution is 2.25. The van der Waals surface area contributed by atoms with Crippen LogP contribution < -0.4 is 0 Å². The lowest BCUT2D eigenvalue weighted by Crippen LogP contribution is -2.25. The van der Waals surface area contributed by atoms with Gasteiger partial charge in [-0.15, -0.1) is 0 Å². The average Bonchev–Trinajstić information content (AvgIpc) is 2.16. The Labute approximate surface area is 86.9 Å². The first kappa shape index (κ1) is 11.2. The molecule has 3 nitrogen and oxygen atoms in total. The van der Waals surface area contributed by atoms with Gasteiger partial charge in [0, 0.05) is 10.6 Å². The normalized spacial score (nSPS) is 14.9. The second-order valence-electron chi connectivity index (χ2n) is 3.02. The van der Waals surface area contributed by atoms with Gasteiger partial charge in [-0.25, -0.2) is 0 Å². The SMILES string of the molecule is CC(=O)C(O)[C@@H](O)c1ccccc1Cl. The molecule has 0 amide bonds. The number of ketones is 1. The molecule has 0 saturated carbocycles. The van der Waals surface area contributed by atoms with Crippen LogP contribution >= 0.6 is 11.6 Å². The molecule has 0 radical (unpaired) electrons. The van der Waals surface area contributed by atoms with Gasteiger partial charge in [-0.1, -0.05) is 29.8 Å². The summed E-state index contributed by atoms with van der Waals surface area (Å²) in [5, 5.41) is 19.2. The first-order chi connectivity index (χ1) is 6.54. The highest BCUT2D eigenvalue weighted by molar-refractivity contribution is 6.31. The van der Waals surface area contributed by atoms with Crippen LogP contribution in [-0.2, 0) is 4.79 Å². The van der Waals surface area contributed by atoms with E-state index in [4.69, 9.17) is 11.6 Å². The predicted octanol–water partition coefficient (Wildman–Crippen LogP) is 1.32. The third-order valence-corrected chi connectivity index (χ3v) is 2.28. The number of benzene rings is 1. The van der Waals surface area contributed by atoms with Crippen LogP contribution in [0.1, 0.15) is 18.6 Å². The van der Waals surface area contributed by atoms with Gasteiger partial charge in [0.15, 0.2) is 5.78 Å². The zero-order valence-corrected chi connectivity index (χ0v) is 8.40. The van der Waals surface area contributed by atoms with Gasteiger partial charge in [0.05, 0.1) is 0 Å². The number of rotatable bonds is 3. The molecule has 1 unspecified atom stereocenters. The van der Waals surface area contributed by atoms with Gasteiger partial charge in [0.25, 0.3) is 0 Å². The third-order valence-electron chi connectivity index (χ3n) is 1.94. The summed E-state index contributed by atoms with van der Waals surface area (Å²) in [6.45, 7) is 1.21. The van der Waals surface area contributed by atoms with Gasteiger partial charge in [-0.2, -0.15) is 0 Å². The molecule has 0 aliphatic carbocycles. The van der Waals surface area contributed by atoms with E-state index in [0.29, 0.717) is 10.6 Å². The summed E-state index contributed by atoms with van der Waals surface area (Å²) >= 11 is 5.79. The van der Waals surface area contributed by atoms with Crippen LogP contribution in [0.5, 0.6) is 0 Å². The first-order valence-electron chi connectivity index (χ1n) is 4.15. The van der Waals surface area contributed by atoms with E-state index in [9.17, 15) is 15.0 Å². The van der Waals surface area contributed by atoms with Crippen molar-refractivity contribution < 1.29 is 15.0 Å². The van der Waals surface area contributed by atoms with E-state index in [1.807, 2.05) is 0 Å². The van der Waals surface area contributed by atoms with Crippen molar-refractivity contribution >= 4 is 17.4 Å². The number of hydrogen-bond acceptors (Lipinski definition) is 3. The molecule has 1 aromatic carbocycles. The quantitative estimate of drug-likeness (QED) is 0.798. The van der Waals surface area contributed by atoms with Crippen LogP contribution in [0.4, 0.5) is 0 Å². The molecule has 0 heterocycles. The number of aliphatic hydroxyl groups excluding tert-OH is 2. The molecule has 0 aliphatic rings. The average molecular weight is 215 g/mol. The van der Waals surface area contributed by atoms with E-state index in [1.54, 1.807) is 24.3 Å². The Kier molecular flexibility index (Phi) is 3.63. The molecule has 2 atom stereocenters. The highest BCUT2D eigenvalue weighted by Gasteiger charge is 2.23. The van der Waals surface area contributed by atoms with Crippen molar-refractivity contribution in [2.45, 2.75) is 19.1 Å². The number of halogens is 1. The Morgan fingerprint density at radius 1 is 1.36 bits per heavy atom. The smallest absolute Gasteiger partial charge is 0.161 e. The lowest BCUT2D eigenvalue weighted by molar-refractivity contribution is -0.130. The summed E-state index contributed by atoms with van der Waals surface area (Å²) < 4.78 is 0. The first-order valence-corrected chi connectivity index (χ1v) is 4.53. The van der Waals surface area contributed by atoms with Gasteiger partial charge in [0.2, 0.25) is 0 Å². The van der Waals surface area contributed by atoms with E-state index in [-0.39, 0.29) is 0 Å². The maximum Gasteiger partial charge on any atom is 0.161 e. The number of hydrogen-bond donors (Lipinski definition) is 2. The van der Waals surface area contributed by atoms with Gasteiger partial charge >= 0.3 is 0 Å². The van der Waals surface area contributed by atoms with Crippen molar-refractivity contribution in [2.24, 2.45) is 0 Å².